The van der Waals surface area contributed by atoms with Gasteiger partial charge in [0, 0.05) is 13.1 Å². The largest absolute Gasteiger partial charge is 0.497 e. The minimum atomic E-state index is -4.10. The molecule has 3 aromatic rings. The molecule has 2 amide bonds. The average molecular weight is 594 g/mol. The molecule has 9 heteroatoms. The summed E-state index contributed by atoms with van der Waals surface area (Å²) < 4.78 is 34.3. The van der Waals surface area contributed by atoms with E-state index in [4.69, 9.17) is 4.74 Å². The number of rotatable bonds is 14. The highest BCUT2D eigenvalue weighted by atomic mass is 32.2. The molecule has 0 bridgehead atoms. The van der Waals surface area contributed by atoms with Gasteiger partial charge in [-0.15, -0.1) is 0 Å². The Morgan fingerprint density at radius 3 is 2.02 bits per heavy atom. The normalized spacial score (nSPS) is 12.2. The molecule has 0 heterocycles. The fourth-order valence-electron chi connectivity index (χ4n) is 4.54. The van der Waals surface area contributed by atoms with Crippen LogP contribution in [-0.4, -0.2) is 51.4 Å². The highest BCUT2D eigenvalue weighted by molar-refractivity contribution is 7.92. The van der Waals surface area contributed by atoms with Crippen LogP contribution >= 0.6 is 0 Å². The van der Waals surface area contributed by atoms with Gasteiger partial charge in [0.15, 0.2) is 0 Å². The SMILES string of the molecule is CC[C@@H](C(=O)NCC(C)C)N(Cc1ccc(OC)cc1)C(=O)CN(c1ccc(C(C)C)cc1)S(=O)(=O)c1ccccc1. The monoisotopic (exact) mass is 593 g/mol. The van der Waals surface area contributed by atoms with Crippen molar-refractivity contribution in [1.82, 2.24) is 10.2 Å². The molecule has 0 saturated carbocycles. The first-order valence-corrected chi connectivity index (χ1v) is 15.8. The molecule has 0 aliphatic heterocycles. The smallest absolute Gasteiger partial charge is 0.264 e. The molecule has 0 aliphatic rings. The number of hydrogen-bond acceptors (Lipinski definition) is 5. The number of benzene rings is 3. The first kappa shape index (κ1) is 32.7. The number of amides is 2. The molecule has 0 aromatic heterocycles. The maximum atomic E-state index is 14.2. The molecule has 0 aliphatic carbocycles. The van der Waals surface area contributed by atoms with Crippen molar-refractivity contribution in [2.75, 3.05) is 24.5 Å². The number of methoxy groups -OCH3 is 1. The van der Waals surface area contributed by atoms with Gasteiger partial charge in [-0.2, -0.15) is 0 Å². The Bertz CT molecular complexity index is 1410. The van der Waals surface area contributed by atoms with Crippen LogP contribution in [0.1, 0.15) is 58.1 Å². The van der Waals surface area contributed by atoms with Gasteiger partial charge in [-0.3, -0.25) is 13.9 Å². The van der Waals surface area contributed by atoms with E-state index in [-0.39, 0.29) is 29.2 Å². The molecule has 3 aromatic carbocycles. The zero-order chi connectivity index (χ0) is 30.9. The number of sulfonamides is 1. The standard InChI is InChI=1S/C33H43N3O5S/c1-7-31(33(38)34-21-24(2)3)35(22-26-13-19-29(41-6)20-14-26)32(37)23-36(28-17-15-27(16-18-28)25(4)5)42(39,40)30-11-9-8-10-12-30/h8-20,24-25,31H,7,21-23H2,1-6H3,(H,34,38)/t31-/m0/s1. The summed E-state index contributed by atoms with van der Waals surface area (Å²) in [6.45, 7) is 10.1. The van der Waals surface area contributed by atoms with Crippen molar-refractivity contribution >= 4 is 27.5 Å². The van der Waals surface area contributed by atoms with E-state index in [1.54, 1.807) is 49.6 Å². The molecule has 3 rings (SSSR count). The average Bonchev–Trinajstić information content (AvgIpc) is 2.99. The number of nitrogens with one attached hydrogen (secondary N) is 1. The summed E-state index contributed by atoms with van der Waals surface area (Å²) in [6.07, 6.45) is 0.361. The van der Waals surface area contributed by atoms with E-state index in [0.717, 1.165) is 15.4 Å². The Morgan fingerprint density at radius 2 is 1.50 bits per heavy atom. The molecule has 1 N–H and O–H groups in total. The molecule has 226 valence electrons. The number of nitrogens with zero attached hydrogens (tertiary/aromatic N) is 2. The van der Waals surface area contributed by atoms with E-state index in [1.807, 2.05) is 45.0 Å². The van der Waals surface area contributed by atoms with E-state index < -0.39 is 28.5 Å². The summed E-state index contributed by atoms with van der Waals surface area (Å²) in [6, 6.07) is 21.7. The second kappa shape index (κ2) is 14.9. The lowest BCUT2D eigenvalue weighted by atomic mass is 10.0. The molecule has 8 nitrogen and oxygen atoms in total. The Morgan fingerprint density at radius 1 is 0.881 bits per heavy atom. The van der Waals surface area contributed by atoms with E-state index in [9.17, 15) is 18.0 Å². The number of hydrogen-bond donors (Lipinski definition) is 1. The van der Waals surface area contributed by atoms with E-state index >= 15 is 0 Å². The Balaban J connectivity index is 2.04. The topological polar surface area (TPSA) is 96.0 Å². The third-order valence-electron chi connectivity index (χ3n) is 7.04. The van der Waals surface area contributed by atoms with Crippen LogP contribution in [0.15, 0.2) is 83.8 Å². The maximum absolute atomic E-state index is 14.2. The summed E-state index contributed by atoms with van der Waals surface area (Å²) in [5.74, 6) is 0.409. The van der Waals surface area contributed by atoms with Crippen molar-refractivity contribution in [3.63, 3.8) is 0 Å². The predicted octanol–water partition coefficient (Wildman–Crippen LogP) is 5.59. The van der Waals surface area contributed by atoms with Gasteiger partial charge in [0.05, 0.1) is 17.7 Å². The number of carbonyl (C=O) groups is 2. The molecule has 0 radical (unpaired) electrons. The minimum Gasteiger partial charge on any atom is -0.497 e. The van der Waals surface area contributed by atoms with Gasteiger partial charge in [-0.05, 0) is 65.8 Å². The van der Waals surface area contributed by atoms with Crippen molar-refractivity contribution in [1.29, 1.82) is 0 Å². The van der Waals surface area contributed by atoms with Crippen molar-refractivity contribution < 1.29 is 22.7 Å². The summed E-state index contributed by atoms with van der Waals surface area (Å²) in [5, 5.41) is 2.95. The first-order valence-electron chi connectivity index (χ1n) is 14.4. The van der Waals surface area contributed by atoms with Crippen LogP contribution in [0.25, 0.3) is 0 Å². The van der Waals surface area contributed by atoms with Gasteiger partial charge in [0.2, 0.25) is 11.8 Å². The predicted molar refractivity (Wildman–Crippen MR) is 167 cm³/mol. The Hall–Kier alpha value is -3.85. The zero-order valence-electron chi connectivity index (χ0n) is 25.4. The third kappa shape index (κ3) is 8.35. The molecule has 0 spiro atoms. The second-order valence-corrected chi connectivity index (χ2v) is 12.9. The van der Waals surface area contributed by atoms with Crippen LogP contribution in [0.2, 0.25) is 0 Å². The van der Waals surface area contributed by atoms with Gasteiger partial charge >= 0.3 is 0 Å². The maximum Gasteiger partial charge on any atom is 0.264 e. The lowest BCUT2D eigenvalue weighted by Crippen LogP contribution is -2.52. The highest BCUT2D eigenvalue weighted by Crippen LogP contribution is 2.27. The highest BCUT2D eigenvalue weighted by Gasteiger charge is 2.33. The Kier molecular flexibility index (Phi) is 11.6. The number of ether oxygens (including phenoxy) is 1. The van der Waals surface area contributed by atoms with Crippen LogP contribution in [-0.2, 0) is 26.2 Å². The molecule has 0 unspecified atom stereocenters. The minimum absolute atomic E-state index is 0.0779. The second-order valence-electron chi connectivity index (χ2n) is 11.0. The summed E-state index contributed by atoms with van der Waals surface area (Å²) in [7, 11) is -2.53. The lowest BCUT2D eigenvalue weighted by Gasteiger charge is -2.33. The van der Waals surface area contributed by atoms with Crippen LogP contribution < -0.4 is 14.4 Å². The van der Waals surface area contributed by atoms with Crippen LogP contribution in [0.4, 0.5) is 5.69 Å². The van der Waals surface area contributed by atoms with Crippen molar-refractivity contribution in [3.05, 3.63) is 90.0 Å². The van der Waals surface area contributed by atoms with Crippen LogP contribution in [0, 0.1) is 5.92 Å². The van der Waals surface area contributed by atoms with E-state index in [1.165, 1.54) is 17.0 Å². The van der Waals surface area contributed by atoms with Gasteiger partial charge in [-0.1, -0.05) is 77.1 Å². The summed E-state index contributed by atoms with van der Waals surface area (Å²) in [5.41, 5.74) is 2.22. The number of carbonyl (C=O) groups excluding carboxylic acids is 2. The molecular formula is C33H43N3O5S. The zero-order valence-corrected chi connectivity index (χ0v) is 26.2. The molecular weight excluding hydrogens is 550 g/mol. The fraction of sp³-hybridized carbons (Fsp3) is 0.394. The van der Waals surface area contributed by atoms with E-state index in [2.05, 4.69) is 19.2 Å². The molecule has 42 heavy (non-hydrogen) atoms. The summed E-state index contributed by atoms with van der Waals surface area (Å²) >= 11 is 0. The van der Waals surface area contributed by atoms with Crippen molar-refractivity contribution in [2.45, 2.75) is 64.4 Å². The first-order chi connectivity index (χ1) is 20.0. The lowest BCUT2D eigenvalue weighted by molar-refractivity contribution is -0.140. The Labute approximate surface area is 250 Å². The van der Waals surface area contributed by atoms with Gasteiger partial charge in [0.1, 0.15) is 18.3 Å². The fourth-order valence-corrected chi connectivity index (χ4v) is 5.98. The summed E-state index contributed by atoms with van der Waals surface area (Å²) in [4.78, 5) is 29.1. The molecule has 0 fully saturated rings. The van der Waals surface area contributed by atoms with Crippen molar-refractivity contribution in [3.8, 4) is 5.75 Å². The number of anilines is 1. The van der Waals surface area contributed by atoms with Crippen LogP contribution in [0.5, 0.6) is 5.75 Å². The van der Waals surface area contributed by atoms with Crippen LogP contribution in [0.3, 0.4) is 0 Å². The van der Waals surface area contributed by atoms with E-state index in [0.29, 0.717) is 24.4 Å². The quantitative estimate of drug-likeness (QED) is 0.263. The third-order valence-corrected chi connectivity index (χ3v) is 8.83. The molecule has 0 saturated heterocycles. The molecule has 1 atom stereocenters. The van der Waals surface area contributed by atoms with Gasteiger partial charge in [-0.25, -0.2) is 8.42 Å². The van der Waals surface area contributed by atoms with Gasteiger partial charge in [0.25, 0.3) is 10.0 Å². The van der Waals surface area contributed by atoms with Gasteiger partial charge < -0.3 is 15.0 Å². The van der Waals surface area contributed by atoms with Crippen molar-refractivity contribution in [2.24, 2.45) is 5.92 Å².